The lowest BCUT2D eigenvalue weighted by Gasteiger charge is -2.22. The molecule has 0 unspecified atom stereocenters. The Kier molecular flexibility index (Phi) is 7.31. The number of nitrogens with zero attached hydrogens (tertiary/aromatic N) is 3. The Hall–Kier alpha value is -6.88. The van der Waals surface area contributed by atoms with Crippen molar-refractivity contribution < 1.29 is 0 Å². The largest absolute Gasteiger partial charge is 0.309 e. The quantitative estimate of drug-likeness (QED) is 0.165. The van der Waals surface area contributed by atoms with Gasteiger partial charge in [-0.05, 0) is 79.8 Å². The molecule has 1 aliphatic rings. The molecule has 0 saturated carbocycles. The maximum atomic E-state index is 5.43. The van der Waals surface area contributed by atoms with Crippen molar-refractivity contribution in [2.75, 3.05) is 0 Å². The highest BCUT2D eigenvalue weighted by atomic mass is 28.3. The number of para-hydroxylation sites is 1. The Bertz CT molecular complexity index is 3080. The van der Waals surface area contributed by atoms with E-state index >= 15 is 0 Å². The molecule has 0 fully saturated rings. The highest BCUT2D eigenvalue weighted by Crippen LogP contribution is 2.45. The van der Waals surface area contributed by atoms with E-state index in [2.05, 4.69) is 206 Å². The Morgan fingerprint density at radius 1 is 0.411 bits per heavy atom. The van der Waals surface area contributed by atoms with Crippen LogP contribution >= 0.6 is 0 Å². The van der Waals surface area contributed by atoms with Gasteiger partial charge in [0.15, 0.2) is 5.82 Å². The molecule has 0 spiro atoms. The third-order valence-corrected chi connectivity index (χ3v) is 15.3. The summed E-state index contributed by atoms with van der Waals surface area (Å²) in [7, 11) is -2.20. The highest BCUT2D eigenvalue weighted by molar-refractivity contribution is 7.05. The van der Waals surface area contributed by atoms with Gasteiger partial charge in [0.05, 0.1) is 22.4 Å². The minimum atomic E-state index is -2.20. The molecule has 0 saturated heterocycles. The summed E-state index contributed by atoms with van der Waals surface area (Å²) in [6.07, 6.45) is 0. The fourth-order valence-corrected chi connectivity index (χ4v) is 12.7. The zero-order valence-electron chi connectivity index (χ0n) is 31.2. The molecule has 0 bridgehead atoms. The van der Waals surface area contributed by atoms with Gasteiger partial charge >= 0.3 is 0 Å². The number of fused-ring (bicyclic) bond motifs is 9. The van der Waals surface area contributed by atoms with E-state index in [0.717, 1.165) is 45.1 Å². The van der Waals surface area contributed by atoms with Gasteiger partial charge in [0.1, 0.15) is 8.07 Å². The normalized spacial score (nSPS) is 13.0. The van der Waals surface area contributed by atoms with Crippen LogP contribution in [0.1, 0.15) is 0 Å². The van der Waals surface area contributed by atoms with Crippen molar-refractivity contribution >= 4 is 51.0 Å². The van der Waals surface area contributed by atoms with Crippen molar-refractivity contribution in [3.63, 3.8) is 0 Å². The molecule has 0 radical (unpaired) electrons. The first-order chi connectivity index (χ1) is 27.5. The van der Waals surface area contributed by atoms with Crippen molar-refractivity contribution in [1.82, 2.24) is 14.5 Å². The van der Waals surface area contributed by atoms with E-state index in [4.69, 9.17) is 9.97 Å². The van der Waals surface area contributed by atoms with Crippen LogP contribution in [-0.4, -0.2) is 22.6 Å². The molecule has 4 heteroatoms. The summed E-state index contributed by atoms with van der Waals surface area (Å²) in [6, 6.07) is 67.9. The van der Waals surface area contributed by atoms with Crippen LogP contribution in [0.2, 0.25) is 13.1 Å². The molecule has 264 valence electrons. The van der Waals surface area contributed by atoms with Crippen LogP contribution in [0.3, 0.4) is 0 Å². The lowest BCUT2D eigenvalue weighted by molar-refractivity contribution is 1.17. The average molecular weight is 732 g/mol. The van der Waals surface area contributed by atoms with E-state index in [-0.39, 0.29) is 0 Å². The van der Waals surface area contributed by atoms with Gasteiger partial charge < -0.3 is 4.57 Å². The smallest absolute Gasteiger partial charge is 0.161 e. The molecule has 0 amide bonds. The van der Waals surface area contributed by atoms with E-state index in [0.29, 0.717) is 0 Å². The van der Waals surface area contributed by atoms with Crippen molar-refractivity contribution in [2.45, 2.75) is 13.1 Å². The van der Waals surface area contributed by atoms with Crippen molar-refractivity contribution in [2.24, 2.45) is 0 Å². The van der Waals surface area contributed by atoms with E-state index in [1.807, 2.05) is 0 Å². The SMILES string of the molecule is C[Si]1(C)c2ccccc2-c2ccc3c(-c4nc(-c5ccccc5)cc(-c5ccccc5)n4)cc4c(c5cc(-c6ccccc6)ccc5n4-c4ccccc4)c3c21. The predicted octanol–water partition coefficient (Wildman–Crippen LogP) is 12.2. The van der Waals surface area contributed by atoms with Gasteiger partial charge in [-0.1, -0.05) is 165 Å². The first-order valence-corrected chi connectivity index (χ1v) is 22.3. The Morgan fingerprint density at radius 3 is 1.66 bits per heavy atom. The Morgan fingerprint density at radius 2 is 1.00 bits per heavy atom. The number of hydrogen-bond donors (Lipinski definition) is 0. The van der Waals surface area contributed by atoms with Crippen molar-refractivity contribution in [3.8, 4) is 61.8 Å². The third kappa shape index (κ3) is 4.96. The zero-order chi connectivity index (χ0) is 37.4. The van der Waals surface area contributed by atoms with Gasteiger partial charge in [-0.2, -0.15) is 0 Å². The molecule has 3 nitrogen and oxygen atoms in total. The first-order valence-electron chi connectivity index (χ1n) is 19.3. The summed E-state index contributed by atoms with van der Waals surface area (Å²) in [5.41, 5.74) is 13.6. The zero-order valence-corrected chi connectivity index (χ0v) is 32.2. The monoisotopic (exact) mass is 731 g/mol. The van der Waals surface area contributed by atoms with Crippen LogP contribution in [0.5, 0.6) is 0 Å². The fraction of sp³-hybridized carbons (Fsp3) is 0.0385. The van der Waals surface area contributed by atoms with Crippen LogP contribution in [0, 0.1) is 0 Å². The molecular formula is C52H37N3Si. The van der Waals surface area contributed by atoms with E-state index in [1.54, 1.807) is 0 Å². The maximum absolute atomic E-state index is 5.43. The maximum Gasteiger partial charge on any atom is 0.161 e. The predicted molar refractivity (Wildman–Crippen MR) is 238 cm³/mol. The van der Waals surface area contributed by atoms with Gasteiger partial charge in [0, 0.05) is 33.2 Å². The van der Waals surface area contributed by atoms with E-state index < -0.39 is 8.07 Å². The lowest BCUT2D eigenvalue weighted by atomic mass is 9.93. The molecule has 3 heterocycles. The molecule has 0 aliphatic carbocycles. The number of benzene rings is 8. The summed E-state index contributed by atoms with van der Waals surface area (Å²) in [5, 5.41) is 8.02. The molecule has 0 atom stereocenters. The van der Waals surface area contributed by atoms with Gasteiger partial charge in [-0.25, -0.2) is 9.97 Å². The topological polar surface area (TPSA) is 30.7 Å². The van der Waals surface area contributed by atoms with Crippen molar-refractivity contribution in [1.29, 1.82) is 0 Å². The summed E-state index contributed by atoms with van der Waals surface area (Å²) in [6.45, 7) is 5.06. The van der Waals surface area contributed by atoms with E-state index in [1.165, 1.54) is 59.7 Å². The summed E-state index contributed by atoms with van der Waals surface area (Å²) < 4.78 is 2.46. The summed E-state index contributed by atoms with van der Waals surface area (Å²) in [5.74, 6) is 0.724. The van der Waals surface area contributed by atoms with Gasteiger partial charge in [-0.3, -0.25) is 0 Å². The number of aromatic nitrogens is 3. The van der Waals surface area contributed by atoms with Crippen molar-refractivity contribution in [3.05, 3.63) is 188 Å². The molecule has 10 aromatic rings. The first kappa shape index (κ1) is 32.5. The fourth-order valence-electron chi connectivity index (χ4n) is 9.21. The lowest BCUT2D eigenvalue weighted by Crippen LogP contribution is -2.49. The molecule has 8 aromatic carbocycles. The summed E-state index contributed by atoms with van der Waals surface area (Å²) >= 11 is 0. The second-order valence-electron chi connectivity index (χ2n) is 15.4. The third-order valence-electron chi connectivity index (χ3n) is 11.8. The summed E-state index contributed by atoms with van der Waals surface area (Å²) in [4.78, 5) is 10.9. The molecule has 2 aromatic heterocycles. The van der Waals surface area contributed by atoms with Gasteiger partial charge in [-0.15, -0.1) is 0 Å². The Balaban J connectivity index is 1.33. The van der Waals surface area contributed by atoms with Crippen LogP contribution in [0.25, 0.3) is 94.4 Å². The minimum Gasteiger partial charge on any atom is -0.309 e. The molecule has 56 heavy (non-hydrogen) atoms. The van der Waals surface area contributed by atoms with Crippen LogP contribution in [0.4, 0.5) is 0 Å². The number of rotatable bonds is 5. The van der Waals surface area contributed by atoms with Gasteiger partial charge in [0.25, 0.3) is 0 Å². The molecule has 11 rings (SSSR count). The minimum absolute atomic E-state index is 0.724. The second-order valence-corrected chi connectivity index (χ2v) is 19.7. The standard InChI is InChI=1S/C52H37N3Si/c1-56(2)48-26-16-15-25-39(48)41-29-28-40-42(52-53-44(35-19-9-4-10-20-35)33-45(54-52)36-21-11-5-12-22-36)32-47-49(50(40)51(41)56)43-31-37(34-17-7-3-8-18-34)27-30-46(43)55(47)38-23-13-6-14-24-38/h3-33H,1-2H3. The van der Waals surface area contributed by atoms with Crippen LogP contribution < -0.4 is 10.4 Å². The molecular weight excluding hydrogens is 695 g/mol. The Labute approximate surface area is 327 Å². The van der Waals surface area contributed by atoms with Crippen LogP contribution in [0.15, 0.2) is 188 Å². The molecule has 0 N–H and O–H groups in total. The average Bonchev–Trinajstić information content (AvgIpc) is 3.72. The second kappa shape index (κ2) is 12.6. The van der Waals surface area contributed by atoms with Gasteiger partial charge in [0.2, 0.25) is 0 Å². The van der Waals surface area contributed by atoms with E-state index in [9.17, 15) is 0 Å². The highest BCUT2D eigenvalue weighted by Gasteiger charge is 2.40. The number of hydrogen-bond acceptors (Lipinski definition) is 2. The molecule has 1 aliphatic heterocycles. The van der Waals surface area contributed by atoms with Crippen LogP contribution in [-0.2, 0) is 0 Å².